The summed E-state index contributed by atoms with van der Waals surface area (Å²) >= 11 is 0. The Labute approximate surface area is 86.8 Å². The first-order chi connectivity index (χ1) is 7.36. The molecular weight excluding hydrogens is 191 g/mol. The van der Waals surface area contributed by atoms with E-state index in [1.165, 1.54) is 18.3 Å². The fourth-order valence-electron chi connectivity index (χ4n) is 1.04. The number of nitrogens with zero attached hydrogens (tertiary/aromatic N) is 2. The molecule has 0 fully saturated rings. The zero-order valence-corrected chi connectivity index (χ0v) is 7.81. The maximum absolute atomic E-state index is 13.1. The first kappa shape index (κ1) is 9.35. The highest BCUT2D eigenvalue weighted by Crippen LogP contribution is 2.00. The molecule has 0 aliphatic carbocycles. The van der Waals surface area contributed by atoms with Crippen LogP contribution >= 0.6 is 0 Å². The summed E-state index contributed by atoms with van der Waals surface area (Å²) in [6.07, 6.45) is 3.14. The van der Waals surface area contributed by atoms with Crippen LogP contribution in [-0.4, -0.2) is 9.97 Å². The number of hydrogen-bond donors (Lipinski definition) is 0. The van der Waals surface area contributed by atoms with E-state index in [1.54, 1.807) is 18.3 Å². The van der Waals surface area contributed by atoms with Gasteiger partial charge in [-0.25, -0.2) is 14.4 Å². The van der Waals surface area contributed by atoms with Gasteiger partial charge in [-0.05, 0) is 36.1 Å². The highest BCUT2D eigenvalue weighted by Gasteiger charge is 1.96. The third-order valence-corrected chi connectivity index (χ3v) is 1.73. The highest BCUT2D eigenvalue weighted by atomic mass is 19.1. The summed E-state index contributed by atoms with van der Waals surface area (Å²) in [5.41, 5.74) is 0.741. The monoisotopic (exact) mass is 198 g/mol. The molecule has 15 heavy (non-hydrogen) atoms. The molecule has 2 nitrogen and oxygen atoms in total. The van der Waals surface area contributed by atoms with Gasteiger partial charge in [-0.1, -0.05) is 6.07 Å². The molecule has 2 heterocycles. The van der Waals surface area contributed by atoms with Crippen molar-refractivity contribution in [3.63, 3.8) is 0 Å². The van der Waals surface area contributed by atoms with Crippen LogP contribution in [0.4, 0.5) is 4.39 Å². The van der Waals surface area contributed by atoms with E-state index < -0.39 is 5.82 Å². The Morgan fingerprint density at radius 2 is 1.80 bits per heavy atom. The van der Waals surface area contributed by atoms with Crippen LogP contribution in [0, 0.1) is 17.7 Å². The molecule has 0 aliphatic heterocycles. The van der Waals surface area contributed by atoms with Crippen LogP contribution < -0.4 is 0 Å². The summed E-state index contributed by atoms with van der Waals surface area (Å²) in [4.78, 5) is 7.82. The lowest BCUT2D eigenvalue weighted by Gasteiger charge is -1.90. The van der Waals surface area contributed by atoms with E-state index in [-0.39, 0.29) is 5.69 Å². The van der Waals surface area contributed by atoms with Crippen LogP contribution in [0.3, 0.4) is 0 Å². The standard InChI is InChI=1S/C12H7FN2/c13-11-5-3-9-15-12(11)7-6-10-4-1-2-8-14-10/h1-5,8-9H. The Balaban J connectivity index is 2.31. The van der Waals surface area contributed by atoms with Gasteiger partial charge in [-0.15, -0.1) is 0 Å². The molecule has 2 aromatic heterocycles. The highest BCUT2D eigenvalue weighted by molar-refractivity contribution is 5.36. The second-order valence-corrected chi connectivity index (χ2v) is 2.80. The molecule has 2 rings (SSSR count). The SMILES string of the molecule is Fc1cccnc1C#Cc1ccccn1. The van der Waals surface area contributed by atoms with Crippen molar-refractivity contribution in [1.29, 1.82) is 0 Å². The molecule has 0 saturated heterocycles. The first-order valence-corrected chi connectivity index (χ1v) is 4.40. The van der Waals surface area contributed by atoms with E-state index in [9.17, 15) is 4.39 Å². The van der Waals surface area contributed by atoms with Crippen LogP contribution in [0.25, 0.3) is 0 Å². The van der Waals surface area contributed by atoms with Gasteiger partial charge in [0.05, 0.1) is 0 Å². The van der Waals surface area contributed by atoms with Crippen LogP contribution in [0.1, 0.15) is 11.4 Å². The van der Waals surface area contributed by atoms with Gasteiger partial charge in [0, 0.05) is 12.4 Å². The predicted molar refractivity (Wildman–Crippen MR) is 54.4 cm³/mol. The van der Waals surface area contributed by atoms with E-state index in [4.69, 9.17) is 0 Å². The quantitative estimate of drug-likeness (QED) is 0.605. The molecule has 0 spiro atoms. The van der Waals surface area contributed by atoms with E-state index >= 15 is 0 Å². The van der Waals surface area contributed by atoms with Crippen molar-refractivity contribution in [2.45, 2.75) is 0 Å². The van der Waals surface area contributed by atoms with E-state index in [0.29, 0.717) is 5.69 Å². The second-order valence-electron chi connectivity index (χ2n) is 2.80. The van der Waals surface area contributed by atoms with Gasteiger partial charge in [0.25, 0.3) is 0 Å². The Bertz CT molecular complexity index is 512. The Morgan fingerprint density at radius 1 is 0.933 bits per heavy atom. The molecule has 0 radical (unpaired) electrons. The minimum absolute atomic E-state index is 0.142. The summed E-state index contributed by atoms with van der Waals surface area (Å²) in [6, 6.07) is 8.24. The summed E-state index contributed by atoms with van der Waals surface area (Å²) in [6.45, 7) is 0. The molecule has 72 valence electrons. The van der Waals surface area contributed by atoms with Gasteiger partial charge in [-0.3, -0.25) is 0 Å². The summed E-state index contributed by atoms with van der Waals surface area (Å²) in [7, 11) is 0. The number of halogens is 1. The zero-order valence-electron chi connectivity index (χ0n) is 7.81. The summed E-state index contributed by atoms with van der Waals surface area (Å²) in [5.74, 6) is 4.95. The maximum Gasteiger partial charge on any atom is 0.157 e. The molecular formula is C12H7FN2. The zero-order chi connectivity index (χ0) is 10.5. The van der Waals surface area contributed by atoms with Gasteiger partial charge in [0.15, 0.2) is 5.82 Å². The molecule has 0 unspecified atom stereocenters. The average molecular weight is 198 g/mol. The molecule has 3 heteroatoms. The number of rotatable bonds is 0. The summed E-state index contributed by atoms with van der Waals surface area (Å²) in [5, 5.41) is 0. The van der Waals surface area contributed by atoms with Crippen LogP contribution in [0.15, 0.2) is 42.7 Å². The minimum Gasteiger partial charge on any atom is -0.248 e. The maximum atomic E-state index is 13.1. The molecule has 0 N–H and O–H groups in total. The van der Waals surface area contributed by atoms with Crippen molar-refractivity contribution < 1.29 is 4.39 Å². The van der Waals surface area contributed by atoms with Crippen LogP contribution in [-0.2, 0) is 0 Å². The van der Waals surface area contributed by atoms with Gasteiger partial charge >= 0.3 is 0 Å². The smallest absolute Gasteiger partial charge is 0.157 e. The molecule has 0 bridgehead atoms. The van der Waals surface area contributed by atoms with Gasteiger partial charge < -0.3 is 0 Å². The Hall–Kier alpha value is -2.21. The van der Waals surface area contributed by atoms with Gasteiger partial charge in [-0.2, -0.15) is 0 Å². The second kappa shape index (κ2) is 4.34. The lowest BCUT2D eigenvalue weighted by molar-refractivity contribution is 0.617. The number of hydrogen-bond acceptors (Lipinski definition) is 2. The molecule has 0 aromatic carbocycles. The molecule has 0 atom stereocenters. The van der Waals surface area contributed by atoms with Gasteiger partial charge in [0.2, 0.25) is 0 Å². The Morgan fingerprint density at radius 3 is 2.53 bits per heavy atom. The molecule has 0 amide bonds. The number of pyridine rings is 2. The van der Waals surface area contributed by atoms with Crippen molar-refractivity contribution in [2.75, 3.05) is 0 Å². The van der Waals surface area contributed by atoms with Crippen molar-refractivity contribution >= 4 is 0 Å². The largest absolute Gasteiger partial charge is 0.248 e. The third kappa shape index (κ3) is 2.38. The van der Waals surface area contributed by atoms with E-state index in [1.807, 2.05) is 6.07 Å². The van der Waals surface area contributed by atoms with Crippen LogP contribution in [0.2, 0.25) is 0 Å². The lowest BCUT2D eigenvalue weighted by atomic mass is 10.3. The minimum atomic E-state index is -0.416. The summed E-state index contributed by atoms with van der Waals surface area (Å²) < 4.78 is 13.1. The van der Waals surface area contributed by atoms with Gasteiger partial charge in [0.1, 0.15) is 11.4 Å². The average Bonchev–Trinajstić information content (AvgIpc) is 2.29. The molecule has 0 saturated carbocycles. The van der Waals surface area contributed by atoms with Crippen molar-refractivity contribution in [3.05, 3.63) is 59.9 Å². The third-order valence-electron chi connectivity index (χ3n) is 1.73. The van der Waals surface area contributed by atoms with Crippen molar-refractivity contribution in [1.82, 2.24) is 9.97 Å². The topological polar surface area (TPSA) is 25.8 Å². The fourth-order valence-corrected chi connectivity index (χ4v) is 1.04. The van der Waals surface area contributed by atoms with Crippen molar-refractivity contribution in [2.24, 2.45) is 0 Å². The van der Waals surface area contributed by atoms with Crippen LogP contribution in [0.5, 0.6) is 0 Å². The van der Waals surface area contributed by atoms with E-state index in [2.05, 4.69) is 21.8 Å². The Kier molecular flexibility index (Phi) is 2.70. The first-order valence-electron chi connectivity index (χ1n) is 4.40. The lowest BCUT2D eigenvalue weighted by Crippen LogP contribution is -1.87. The molecule has 2 aromatic rings. The van der Waals surface area contributed by atoms with E-state index in [0.717, 1.165) is 0 Å². The predicted octanol–water partition coefficient (Wildman–Crippen LogP) is 2.02. The van der Waals surface area contributed by atoms with Crippen molar-refractivity contribution in [3.8, 4) is 11.8 Å². The fraction of sp³-hybridized carbons (Fsp3) is 0. The normalized spacial score (nSPS) is 9.13. The number of aromatic nitrogens is 2. The molecule has 0 aliphatic rings.